The van der Waals surface area contributed by atoms with E-state index < -0.39 is 0 Å². The third-order valence-corrected chi connectivity index (χ3v) is 5.14. The third-order valence-electron chi connectivity index (χ3n) is 5.14. The molecule has 0 aliphatic carbocycles. The van der Waals surface area contributed by atoms with Crippen molar-refractivity contribution in [1.82, 2.24) is 34.9 Å². The van der Waals surface area contributed by atoms with Gasteiger partial charge in [-0.1, -0.05) is 0 Å². The molecule has 0 saturated heterocycles. The standard InChI is InChI=1S/C24H15N7/c1-7-25-8-2-15(1)22-18-13-20-21(30-23(29-20)16-3-9-26-10-4-16)14-19(18)28-24(31-22)17-5-11-27-12-6-17/h1-14H,(H,29,30). The van der Waals surface area contributed by atoms with Gasteiger partial charge in [-0.3, -0.25) is 15.0 Å². The number of imidazole rings is 1. The predicted molar refractivity (Wildman–Crippen MR) is 119 cm³/mol. The SMILES string of the molecule is c1cc(-c2nc(-c3ccncc3)c3cc4[nH]c(-c5ccncc5)nc4cc3n2)ccn1. The highest BCUT2D eigenvalue weighted by Gasteiger charge is 2.14. The predicted octanol–water partition coefficient (Wildman–Crippen LogP) is 4.69. The molecule has 6 rings (SSSR count). The summed E-state index contributed by atoms with van der Waals surface area (Å²) in [4.78, 5) is 30.3. The summed E-state index contributed by atoms with van der Waals surface area (Å²) in [5, 5.41) is 0.946. The number of fused-ring (bicyclic) bond motifs is 2. The summed E-state index contributed by atoms with van der Waals surface area (Å²) >= 11 is 0. The van der Waals surface area contributed by atoms with Gasteiger partial charge in [-0.15, -0.1) is 0 Å². The molecule has 7 heteroatoms. The van der Waals surface area contributed by atoms with Crippen LogP contribution < -0.4 is 0 Å². The van der Waals surface area contributed by atoms with E-state index in [0.717, 1.165) is 50.1 Å². The monoisotopic (exact) mass is 401 g/mol. The van der Waals surface area contributed by atoms with E-state index in [-0.39, 0.29) is 0 Å². The fourth-order valence-electron chi connectivity index (χ4n) is 3.64. The Bertz CT molecular complexity index is 1510. The number of hydrogen-bond acceptors (Lipinski definition) is 6. The number of aromatic amines is 1. The highest BCUT2D eigenvalue weighted by atomic mass is 14.9. The second kappa shape index (κ2) is 7.07. The molecule has 0 saturated carbocycles. The van der Waals surface area contributed by atoms with Gasteiger partial charge in [0.05, 0.1) is 22.2 Å². The average molecular weight is 401 g/mol. The first-order chi connectivity index (χ1) is 15.3. The maximum atomic E-state index is 4.90. The van der Waals surface area contributed by atoms with Crippen molar-refractivity contribution in [2.24, 2.45) is 0 Å². The summed E-state index contributed by atoms with van der Waals surface area (Å²) in [7, 11) is 0. The normalized spacial score (nSPS) is 11.2. The molecular weight excluding hydrogens is 386 g/mol. The van der Waals surface area contributed by atoms with E-state index in [0.29, 0.717) is 5.82 Å². The Kier molecular flexibility index (Phi) is 3.96. The summed E-state index contributed by atoms with van der Waals surface area (Å²) in [5.41, 5.74) is 6.32. The molecule has 7 nitrogen and oxygen atoms in total. The van der Waals surface area contributed by atoms with E-state index >= 15 is 0 Å². The maximum Gasteiger partial charge on any atom is 0.160 e. The largest absolute Gasteiger partial charge is 0.338 e. The summed E-state index contributed by atoms with van der Waals surface area (Å²) in [5.74, 6) is 1.44. The van der Waals surface area contributed by atoms with Crippen LogP contribution in [0.5, 0.6) is 0 Å². The fourth-order valence-corrected chi connectivity index (χ4v) is 3.64. The van der Waals surface area contributed by atoms with Gasteiger partial charge in [0, 0.05) is 59.3 Å². The van der Waals surface area contributed by atoms with Gasteiger partial charge in [-0.05, 0) is 48.5 Å². The summed E-state index contributed by atoms with van der Waals surface area (Å²) in [6, 6.07) is 15.7. The van der Waals surface area contributed by atoms with Crippen molar-refractivity contribution >= 4 is 21.9 Å². The number of pyridine rings is 3. The summed E-state index contributed by atoms with van der Waals surface area (Å²) in [6.45, 7) is 0. The number of H-pyrrole nitrogens is 1. The van der Waals surface area contributed by atoms with E-state index in [2.05, 4.69) is 26.0 Å². The van der Waals surface area contributed by atoms with Gasteiger partial charge in [0.15, 0.2) is 5.82 Å². The molecule has 0 aliphatic heterocycles. The molecule has 5 heterocycles. The van der Waals surface area contributed by atoms with Gasteiger partial charge in [-0.2, -0.15) is 0 Å². The number of benzene rings is 1. The Balaban J connectivity index is 1.63. The molecule has 0 unspecified atom stereocenters. The number of aromatic nitrogens is 7. The molecule has 6 aromatic rings. The van der Waals surface area contributed by atoms with E-state index in [4.69, 9.17) is 15.0 Å². The molecule has 0 radical (unpaired) electrons. The Morgan fingerprint density at radius 3 is 1.84 bits per heavy atom. The van der Waals surface area contributed by atoms with Crippen LogP contribution in [0.25, 0.3) is 56.0 Å². The van der Waals surface area contributed by atoms with Crippen molar-refractivity contribution in [3.63, 3.8) is 0 Å². The molecule has 146 valence electrons. The number of hydrogen-bond donors (Lipinski definition) is 1. The lowest BCUT2D eigenvalue weighted by Gasteiger charge is -2.09. The lowest BCUT2D eigenvalue weighted by molar-refractivity contribution is 1.21. The highest BCUT2D eigenvalue weighted by molar-refractivity contribution is 6.01. The average Bonchev–Trinajstić information content (AvgIpc) is 3.26. The van der Waals surface area contributed by atoms with Gasteiger partial charge >= 0.3 is 0 Å². The lowest BCUT2D eigenvalue weighted by atomic mass is 10.1. The molecule has 0 bridgehead atoms. The summed E-state index contributed by atoms with van der Waals surface area (Å²) < 4.78 is 0. The van der Waals surface area contributed by atoms with E-state index in [9.17, 15) is 0 Å². The first kappa shape index (κ1) is 17.3. The van der Waals surface area contributed by atoms with Crippen LogP contribution in [-0.2, 0) is 0 Å². The molecule has 1 aromatic carbocycles. The highest BCUT2D eigenvalue weighted by Crippen LogP contribution is 2.32. The molecule has 0 spiro atoms. The van der Waals surface area contributed by atoms with Crippen LogP contribution in [0.2, 0.25) is 0 Å². The van der Waals surface area contributed by atoms with Crippen LogP contribution >= 0.6 is 0 Å². The van der Waals surface area contributed by atoms with Crippen LogP contribution in [0, 0.1) is 0 Å². The Labute approximate surface area is 176 Å². The molecule has 0 amide bonds. The van der Waals surface area contributed by atoms with Crippen LogP contribution in [-0.4, -0.2) is 34.9 Å². The molecular formula is C24H15N7. The van der Waals surface area contributed by atoms with Crippen LogP contribution in [0.4, 0.5) is 0 Å². The minimum absolute atomic E-state index is 0.644. The lowest BCUT2D eigenvalue weighted by Crippen LogP contribution is -1.95. The van der Waals surface area contributed by atoms with Gasteiger partial charge in [0.1, 0.15) is 5.82 Å². The Hall–Kier alpha value is -4.52. The van der Waals surface area contributed by atoms with Crippen molar-refractivity contribution in [2.45, 2.75) is 0 Å². The zero-order valence-electron chi connectivity index (χ0n) is 16.3. The van der Waals surface area contributed by atoms with Gasteiger partial charge in [0.2, 0.25) is 0 Å². The molecule has 0 aliphatic rings. The summed E-state index contributed by atoms with van der Waals surface area (Å²) in [6.07, 6.45) is 10.5. The number of rotatable bonds is 3. The van der Waals surface area contributed by atoms with E-state index in [1.54, 1.807) is 37.2 Å². The number of nitrogens with one attached hydrogen (secondary N) is 1. The van der Waals surface area contributed by atoms with Crippen molar-refractivity contribution in [2.75, 3.05) is 0 Å². The fraction of sp³-hybridized carbons (Fsp3) is 0. The van der Waals surface area contributed by atoms with Gasteiger partial charge in [-0.25, -0.2) is 15.0 Å². The Morgan fingerprint density at radius 2 is 1.16 bits per heavy atom. The maximum absolute atomic E-state index is 4.90. The second-order valence-corrected chi connectivity index (χ2v) is 7.08. The molecule has 31 heavy (non-hydrogen) atoms. The van der Waals surface area contributed by atoms with E-state index in [1.165, 1.54) is 0 Å². The van der Waals surface area contributed by atoms with Crippen molar-refractivity contribution in [3.8, 4) is 34.0 Å². The van der Waals surface area contributed by atoms with Crippen LogP contribution in [0.15, 0.2) is 85.7 Å². The van der Waals surface area contributed by atoms with Gasteiger partial charge in [0.25, 0.3) is 0 Å². The van der Waals surface area contributed by atoms with Crippen molar-refractivity contribution < 1.29 is 0 Å². The zero-order valence-corrected chi connectivity index (χ0v) is 16.3. The molecule has 0 atom stereocenters. The first-order valence-electron chi connectivity index (χ1n) is 9.78. The smallest absolute Gasteiger partial charge is 0.160 e. The topological polar surface area (TPSA) is 93.1 Å². The third kappa shape index (κ3) is 3.08. The second-order valence-electron chi connectivity index (χ2n) is 7.08. The molecule has 0 fully saturated rings. The van der Waals surface area contributed by atoms with Crippen LogP contribution in [0.1, 0.15) is 0 Å². The first-order valence-corrected chi connectivity index (χ1v) is 9.78. The van der Waals surface area contributed by atoms with Crippen molar-refractivity contribution in [1.29, 1.82) is 0 Å². The molecule has 1 N–H and O–H groups in total. The van der Waals surface area contributed by atoms with Crippen LogP contribution in [0.3, 0.4) is 0 Å². The van der Waals surface area contributed by atoms with Crippen molar-refractivity contribution in [3.05, 3.63) is 85.7 Å². The van der Waals surface area contributed by atoms with Gasteiger partial charge < -0.3 is 4.98 Å². The number of nitrogens with zero attached hydrogens (tertiary/aromatic N) is 6. The molecule has 5 aromatic heterocycles. The minimum atomic E-state index is 0.644. The quantitative estimate of drug-likeness (QED) is 0.462. The minimum Gasteiger partial charge on any atom is -0.338 e. The van der Waals surface area contributed by atoms with E-state index in [1.807, 2.05) is 42.5 Å². The Morgan fingerprint density at radius 1 is 0.548 bits per heavy atom. The zero-order chi connectivity index (χ0) is 20.6.